The molecule has 1 saturated heterocycles. The molecule has 1 aliphatic heterocycles. The Morgan fingerprint density at radius 1 is 1.31 bits per heavy atom. The molecule has 26 heavy (non-hydrogen) atoms. The monoisotopic (exact) mass is 366 g/mol. The van der Waals surface area contributed by atoms with Crippen LogP contribution in [0.3, 0.4) is 0 Å². The lowest BCUT2D eigenvalue weighted by molar-refractivity contribution is -0.239. The van der Waals surface area contributed by atoms with Crippen molar-refractivity contribution in [3.05, 3.63) is 11.1 Å². The Hall–Kier alpha value is -1.24. The summed E-state index contributed by atoms with van der Waals surface area (Å²) in [6.45, 7) is 10.5. The van der Waals surface area contributed by atoms with Crippen molar-refractivity contribution in [2.24, 2.45) is 23.2 Å². The Morgan fingerprint density at radius 2 is 1.88 bits per heavy atom. The third-order valence-corrected chi connectivity index (χ3v) is 7.46. The lowest BCUT2D eigenvalue weighted by Crippen LogP contribution is -2.61. The highest BCUT2D eigenvalue weighted by molar-refractivity contribution is 6.02. The number of ether oxygens (including phenoxy) is 3. The molecule has 6 nitrogen and oxygen atoms in total. The number of carbonyl (C=O) groups excluding carboxylic acids is 2. The van der Waals surface area contributed by atoms with E-state index in [1.165, 1.54) is 14.0 Å². The standard InChI is InChI=1S/C20H30O6/c1-11-14-7-8-20(25-9-10-26-20)13(3)18(14,4)12(2)15(16(11)21)19(5,23)17(22)24-6/h12-13,15,23H,7-10H2,1-6H3. The molecule has 1 spiro atoms. The number of rotatable bonds is 2. The smallest absolute Gasteiger partial charge is 0.338 e. The zero-order valence-electron chi connectivity index (χ0n) is 16.5. The van der Waals surface area contributed by atoms with Gasteiger partial charge < -0.3 is 19.3 Å². The van der Waals surface area contributed by atoms with Crippen LogP contribution < -0.4 is 0 Å². The van der Waals surface area contributed by atoms with E-state index in [2.05, 4.69) is 13.8 Å². The predicted octanol–water partition coefficient (Wildman–Crippen LogP) is 2.24. The Labute approximate surface area is 154 Å². The summed E-state index contributed by atoms with van der Waals surface area (Å²) < 4.78 is 16.8. The molecule has 0 aromatic carbocycles. The fourth-order valence-electron chi connectivity index (χ4n) is 5.66. The Balaban J connectivity index is 2.12. The van der Waals surface area contributed by atoms with E-state index < -0.39 is 28.7 Å². The maximum atomic E-state index is 13.1. The van der Waals surface area contributed by atoms with Crippen molar-refractivity contribution in [2.45, 2.75) is 58.8 Å². The number of ketones is 1. The summed E-state index contributed by atoms with van der Waals surface area (Å²) in [5, 5.41) is 10.9. The average Bonchev–Trinajstić information content (AvgIpc) is 3.07. The predicted molar refractivity (Wildman–Crippen MR) is 94.1 cm³/mol. The third kappa shape index (κ3) is 2.35. The summed E-state index contributed by atoms with van der Waals surface area (Å²) in [6.07, 6.45) is 1.43. The van der Waals surface area contributed by atoms with E-state index in [1.807, 2.05) is 13.8 Å². The van der Waals surface area contributed by atoms with Gasteiger partial charge in [0.15, 0.2) is 17.2 Å². The lowest BCUT2D eigenvalue weighted by Gasteiger charge is -2.58. The summed E-state index contributed by atoms with van der Waals surface area (Å²) >= 11 is 0. The first-order chi connectivity index (χ1) is 12.0. The number of methoxy groups -OCH3 is 1. The second-order valence-corrected chi connectivity index (χ2v) is 8.39. The SMILES string of the molecule is COC(=O)C(C)(O)C1C(=O)C(C)=C2CCC3(OCCO3)C(C)C2(C)C1C. The van der Waals surface area contributed by atoms with Crippen LogP contribution in [-0.4, -0.2) is 48.6 Å². The first kappa shape index (κ1) is 19.5. The van der Waals surface area contributed by atoms with Crippen LogP contribution in [0.5, 0.6) is 0 Å². The van der Waals surface area contributed by atoms with Gasteiger partial charge in [-0.15, -0.1) is 0 Å². The van der Waals surface area contributed by atoms with Crippen LogP contribution in [0.4, 0.5) is 0 Å². The van der Waals surface area contributed by atoms with E-state index >= 15 is 0 Å². The number of esters is 1. The number of hydrogen-bond donors (Lipinski definition) is 1. The molecular formula is C20H30O6. The van der Waals surface area contributed by atoms with Gasteiger partial charge in [-0.1, -0.05) is 26.3 Å². The van der Waals surface area contributed by atoms with Gasteiger partial charge in [-0.05, 0) is 31.8 Å². The minimum Gasteiger partial charge on any atom is -0.467 e. The van der Waals surface area contributed by atoms with Gasteiger partial charge in [0.1, 0.15) is 0 Å². The van der Waals surface area contributed by atoms with Crippen LogP contribution in [0.15, 0.2) is 11.1 Å². The zero-order chi connectivity index (χ0) is 19.5. The van der Waals surface area contributed by atoms with Crippen molar-refractivity contribution in [3.8, 4) is 0 Å². The van der Waals surface area contributed by atoms with Crippen LogP contribution >= 0.6 is 0 Å². The van der Waals surface area contributed by atoms with Gasteiger partial charge in [0.2, 0.25) is 0 Å². The quantitative estimate of drug-likeness (QED) is 0.755. The van der Waals surface area contributed by atoms with Crippen LogP contribution in [0.25, 0.3) is 0 Å². The number of carbonyl (C=O) groups is 2. The van der Waals surface area contributed by atoms with Crippen molar-refractivity contribution in [2.75, 3.05) is 20.3 Å². The van der Waals surface area contributed by atoms with Crippen LogP contribution in [0.2, 0.25) is 0 Å². The van der Waals surface area contributed by atoms with Gasteiger partial charge in [-0.2, -0.15) is 0 Å². The fourth-order valence-corrected chi connectivity index (χ4v) is 5.66. The van der Waals surface area contributed by atoms with Crippen LogP contribution in [-0.2, 0) is 23.8 Å². The van der Waals surface area contributed by atoms with E-state index in [4.69, 9.17) is 14.2 Å². The van der Waals surface area contributed by atoms with Gasteiger partial charge in [0, 0.05) is 17.8 Å². The highest BCUT2D eigenvalue weighted by Gasteiger charge is 2.64. The number of Topliss-reactive ketones (excluding diaryl/α,β-unsaturated/α-hetero) is 1. The van der Waals surface area contributed by atoms with Crippen molar-refractivity contribution < 1.29 is 28.9 Å². The van der Waals surface area contributed by atoms with Crippen molar-refractivity contribution >= 4 is 11.8 Å². The normalized spacial score (nSPS) is 38.9. The second kappa shape index (κ2) is 6.14. The molecule has 0 amide bonds. The zero-order valence-corrected chi connectivity index (χ0v) is 16.5. The van der Waals surface area contributed by atoms with Gasteiger partial charge in [0.05, 0.1) is 26.2 Å². The van der Waals surface area contributed by atoms with E-state index in [9.17, 15) is 14.7 Å². The highest BCUT2D eigenvalue weighted by Crippen LogP contribution is 2.61. The van der Waals surface area contributed by atoms with Gasteiger partial charge in [-0.3, -0.25) is 4.79 Å². The summed E-state index contributed by atoms with van der Waals surface area (Å²) in [6, 6.07) is 0. The Bertz CT molecular complexity index is 657. The van der Waals surface area contributed by atoms with Crippen molar-refractivity contribution in [3.63, 3.8) is 0 Å². The molecule has 1 saturated carbocycles. The molecule has 2 fully saturated rings. The average molecular weight is 366 g/mol. The third-order valence-electron chi connectivity index (χ3n) is 7.46. The van der Waals surface area contributed by atoms with E-state index in [-0.39, 0.29) is 17.6 Å². The van der Waals surface area contributed by atoms with E-state index in [1.54, 1.807) is 0 Å². The minimum atomic E-state index is -1.89. The Kier molecular flexibility index (Phi) is 4.61. The highest BCUT2D eigenvalue weighted by atomic mass is 16.7. The summed E-state index contributed by atoms with van der Waals surface area (Å²) in [5.41, 5.74) is -0.560. The number of hydrogen-bond acceptors (Lipinski definition) is 6. The fraction of sp³-hybridized carbons (Fsp3) is 0.800. The molecule has 146 valence electrons. The molecule has 3 aliphatic rings. The molecule has 0 aromatic rings. The Morgan fingerprint density at radius 3 is 2.42 bits per heavy atom. The van der Waals surface area contributed by atoms with E-state index in [0.717, 1.165) is 12.0 Å². The van der Waals surface area contributed by atoms with Crippen molar-refractivity contribution in [1.82, 2.24) is 0 Å². The molecule has 0 bridgehead atoms. The molecule has 2 aliphatic carbocycles. The molecule has 5 unspecified atom stereocenters. The number of fused-ring (bicyclic) bond motifs is 1. The molecule has 5 atom stereocenters. The molecule has 6 heteroatoms. The maximum Gasteiger partial charge on any atom is 0.338 e. The van der Waals surface area contributed by atoms with Gasteiger partial charge in [0.25, 0.3) is 0 Å². The number of aliphatic hydroxyl groups is 1. The van der Waals surface area contributed by atoms with Gasteiger partial charge in [-0.25, -0.2) is 4.79 Å². The van der Waals surface area contributed by atoms with Crippen LogP contribution in [0, 0.1) is 23.2 Å². The number of allylic oxidation sites excluding steroid dienone is 2. The molecule has 3 rings (SSSR count). The maximum absolute atomic E-state index is 13.1. The minimum absolute atomic E-state index is 0.0183. The lowest BCUT2D eigenvalue weighted by atomic mass is 9.48. The summed E-state index contributed by atoms with van der Waals surface area (Å²) in [4.78, 5) is 25.4. The van der Waals surface area contributed by atoms with Crippen molar-refractivity contribution in [1.29, 1.82) is 0 Å². The van der Waals surface area contributed by atoms with Crippen LogP contribution in [0.1, 0.15) is 47.5 Å². The molecule has 1 heterocycles. The molecule has 0 aromatic heterocycles. The topological polar surface area (TPSA) is 82.1 Å². The summed E-state index contributed by atoms with van der Waals surface area (Å²) in [7, 11) is 1.23. The van der Waals surface area contributed by atoms with E-state index in [0.29, 0.717) is 25.2 Å². The second-order valence-electron chi connectivity index (χ2n) is 8.39. The first-order valence-electron chi connectivity index (χ1n) is 9.37. The van der Waals surface area contributed by atoms with Gasteiger partial charge >= 0.3 is 5.97 Å². The molecule has 1 N–H and O–H groups in total. The largest absolute Gasteiger partial charge is 0.467 e. The first-order valence-corrected chi connectivity index (χ1v) is 9.37. The molecular weight excluding hydrogens is 336 g/mol. The molecule has 0 radical (unpaired) electrons. The summed E-state index contributed by atoms with van der Waals surface area (Å²) in [5.74, 6) is -2.78.